The van der Waals surface area contributed by atoms with E-state index in [4.69, 9.17) is 11.6 Å². The van der Waals surface area contributed by atoms with Gasteiger partial charge in [-0.25, -0.2) is 9.29 Å². The Morgan fingerprint density at radius 2 is 1.78 bits per heavy atom. The lowest BCUT2D eigenvalue weighted by atomic mass is 10.1. The Hall–Kier alpha value is -2.66. The number of benzene rings is 2. The number of aromatic hydroxyl groups is 1. The van der Waals surface area contributed by atoms with Gasteiger partial charge in [-0.05, 0) is 24.6 Å². The fourth-order valence-corrected chi connectivity index (χ4v) is 2.83. The number of hydrogen-bond donors (Lipinski definition) is 1. The molecule has 0 bridgehead atoms. The average molecular weight is 332 g/mol. The number of halogens is 2. The largest absolute Gasteiger partial charge is 0.506 e. The Morgan fingerprint density at radius 3 is 2.30 bits per heavy atom. The summed E-state index contributed by atoms with van der Waals surface area (Å²) in [5, 5.41) is 9.89. The molecule has 1 aliphatic heterocycles. The summed E-state index contributed by atoms with van der Waals surface area (Å²) in [5.74, 6) is -2.52. The number of allylic oxidation sites excluding steroid dienone is 1. The van der Waals surface area contributed by atoms with E-state index in [2.05, 4.69) is 6.58 Å². The molecule has 3 rings (SSSR count). The van der Waals surface area contributed by atoms with E-state index in [-0.39, 0.29) is 39.6 Å². The lowest BCUT2D eigenvalue weighted by Crippen LogP contribution is -2.31. The summed E-state index contributed by atoms with van der Waals surface area (Å²) < 4.78 is 14.5. The maximum absolute atomic E-state index is 14.5. The molecule has 0 saturated heterocycles. The monoisotopic (exact) mass is 331 g/mol. The van der Waals surface area contributed by atoms with Crippen molar-refractivity contribution in [2.24, 2.45) is 0 Å². The Labute approximate surface area is 136 Å². The van der Waals surface area contributed by atoms with Crippen LogP contribution in [0.1, 0.15) is 26.3 Å². The van der Waals surface area contributed by atoms with Crippen molar-refractivity contribution in [1.82, 2.24) is 0 Å². The number of rotatable bonds is 3. The third-order valence-corrected chi connectivity index (χ3v) is 3.93. The zero-order valence-corrected chi connectivity index (χ0v) is 12.6. The van der Waals surface area contributed by atoms with Crippen molar-refractivity contribution in [2.75, 3.05) is 4.90 Å². The highest BCUT2D eigenvalue weighted by molar-refractivity contribution is 6.35. The maximum atomic E-state index is 14.5. The standard InChI is InChI=1S/C17H11ClFNO3/c1-2-5-11-14(13(19)8-12(18)15(11)21)20-16(22)9-6-3-4-7-10(9)17(20)23/h2-4,6-8,21H,1,5H2. The number of carbonyl (C=O) groups excluding carboxylic acids is 2. The van der Waals surface area contributed by atoms with Gasteiger partial charge in [-0.15, -0.1) is 6.58 Å². The highest BCUT2D eigenvalue weighted by atomic mass is 35.5. The van der Waals surface area contributed by atoms with Crippen LogP contribution in [0.25, 0.3) is 0 Å². The van der Waals surface area contributed by atoms with Crippen molar-refractivity contribution in [1.29, 1.82) is 0 Å². The summed E-state index contributed by atoms with van der Waals surface area (Å²) in [6, 6.07) is 7.11. The number of hydrogen-bond acceptors (Lipinski definition) is 3. The summed E-state index contributed by atoms with van der Waals surface area (Å²) in [5.41, 5.74) is 0.129. The second-order valence-electron chi connectivity index (χ2n) is 5.00. The average Bonchev–Trinajstić information content (AvgIpc) is 2.78. The van der Waals surface area contributed by atoms with Crippen molar-refractivity contribution in [2.45, 2.75) is 6.42 Å². The minimum Gasteiger partial charge on any atom is -0.506 e. The van der Waals surface area contributed by atoms with Crippen LogP contribution in [0.4, 0.5) is 10.1 Å². The van der Waals surface area contributed by atoms with Crippen LogP contribution in [0, 0.1) is 5.82 Å². The van der Waals surface area contributed by atoms with E-state index >= 15 is 0 Å². The van der Waals surface area contributed by atoms with Gasteiger partial charge in [0.05, 0.1) is 21.8 Å². The quantitative estimate of drug-likeness (QED) is 0.689. The van der Waals surface area contributed by atoms with Crippen molar-refractivity contribution >= 4 is 29.1 Å². The SMILES string of the molecule is C=CCc1c(O)c(Cl)cc(F)c1N1C(=O)c2ccccc2C1=O. The highest BCUT2D eigenvalue weighted by Crippen LogP contribution is 2.40. The van der Waals surface area contributed by atoms with E-state index in [0.717, 1.165) is 11.0 Å². The Morgan fingerprint density at radius 1 is 1.22 bits per heavy atom. The Balaban J connectivity index is 2.25. The summed E-state index contributed by atoms with van der Waals surface area (Å²) in [6.45, 7) is 3.54. The normalized spacial score (nSPS) is 13.4. The van der Waals surface area contributed by atoms with Gasteiger partial charge in [0.2, 0.25) is 0 Å². The first-order valence-electron chi connectivity index (χ1n) is 6.76. The second-order valence-corrected chi connectivity index (χ2v) is 5.41. The zero-order chi connectivity index (χ0) is 16.7. The number of carbonyl (C=O) groups is 2. The molecule has 2 aromatic rings. The number of imide groups is 1. The van der Waals surface area contributed by atoms with E-state index in [1.54, 1.807) is 12.1 Å². The highest BCUT2D eigenvalue weighted by Gasteiger charge is 2.39. The summed E-state index contributed by atoms with van der Waals surface area (Å²) in [6.07, 6.45) is 1.47. The lowest BCUT2D eigenvalue weighted by molar-refractivity contribution is 0.0924. The first-order valence-corrected chi connectivity index (χ1v) is 7.13. The van der Waals surface area contributed by atoms with Crippen LogP contribution in [0.2, 0.25) is 5.02 Å². The Kier molecular flexibility index (Phi) is 3.66. The number of phenols is 1. The molecule has 0 atom stereocenters. The molecule has 1 N–H and O–H groups in total. The predicted octanol–water partition coefficient (Wildman–Crippen LogP) is 3.71. The van der Waals surface area contributed by atoms with Crippen LogP contribution in [0.15, 0.2) is 43.0 Å². The van der Waals surface area contributed by atoms with Gasteiger partial charge < -0.3 is 5.11 Å². The number of phenolic OH excluding ortho intramolecular Hbond substituents is 1. The number of anilines is 1. The molecule has 0 unspecified atom stereocenters. The van der Waals surface area contributed by atoms with Gasteiger partial charge in [-0.3, -0.25) is 9.59 Å². The summed E-state index contributed by atoms with van der Waals surface area (Å²) in [7, 11) is 0. The summed E-state index contributed by atoms with van der Waals surface area (Å²) in [4.78, 5) is 25.8. The first kappa shape index (κ1) is 15.2. The summed E-state index contributed by atoms with van der Waals surface area (Å²) >= 11 is 5.78. The van der Waals surface area contributed by atoms with Gasteiger partial charge in [-0.2, -0.15) is 0 Å². The van der Waals surface area contributed by atoms with E-state index in [9.17, 15) is 19.1 Å². The molecule has 1 heterocycles. The fourth-order valence-electron chi connectivity index (χ4n) is 2.62. The molecule has 2 amide bonds. The van der Waals surface area contributed by atoms with Gasteiger partial charge in [0.1, 0.15) is 11.6 Å². The zero-order valence-electron chi connectivity index (χ0n) is 11.8. The van der Waals surface area contributed by atoms with Gasteiger partial charge >= 0.3 is 0 Å². The minimum absolute atomic E-state index is 0.0412. The second kappa shape index (κ2) is 5.52. The van der Waals surface area contributed by atoms with Crippen LogP contribution in [-0.2, 0) is 6.42 Å². The molecular formula is C17H11ClFNO3. The van der Waals surface area contributed by atoms with Gasteiger partial charge in [0.25, 0.3) is 11.8 Å². The molecule has 0 aromatic heterocycles. The maximum Gasteiger partial charge on any atom is 0.266 e. The molecule has 0 aliphatic carbocycles. The minimum atomic E-state index is -0.862. The van der Waals surface area contributed by atoms with Crippen molar-refractivity contribution in [3.8, 4) is 5.75 Å². The molecular weight excluding hydrogens is 321 g/mol. The molecule has 0 fully saturated rings. The van der Waals surface area contributed by atoms with E-state index < -0.39 is 17.6 Å². The number of fused-ring (bicyclic) bond motifs is 1. The molecule has 0 radical (unpaired) electrons. The molecule has 1 aliphatic rings. The van der Waals surface area contributed by atoms with Crippen LogP contribution in [-0.4, -0.2) is 16.9 Å². The van der Waals surface area contributed by atoms with E-state index in [1.807, 2.05) is 0 Å². The molecule has 4 nitrogen and oxygen atoms in total. The molecule has 6 heteroatoms. The molecule has 2 aromatic carbocycles. The number of nitrogens with zero attached hydrogens (tertiary/aromatic N) is 1. The molecule has 0 spiro atoms. The predicted molar refractivity (Wildman–Crippen MR) is 84.6 cm³/mol. The van der Waals surface area contributed by atoms with E-state index in [0.29, 0.717) is 0 Å². The topological polar surface area (TPSA) is 57.6 Å². The smallest absolute Gasteiger partial charge is 0.266 e. The van der Waals surface area contributed by atoms with Crippen LogP contribution in [0.3, 0.4) is 0 Å². The van der Waals surface area contributed by atoms with Gasteiger partial charge in [-0.1, -0.05) is 29.8 Å². The van der Waals surface area contributed by atoms with Gasteiger partial charge in [0.15, 0.2) is 0 Å². The first-order chi connectivity index (χ1) is 11.0. The van der Waals surface area contributed by atoms with Crippen LogP contribution >= 0.6 is 11.6 Å². The van der Waals surface area contributed by atoms with E-state index in [1.165, 1.54) is 18.2 Å². The third kappa shape index (κ3) is 2.21. The lowest BCUT2D eigenvalue weighted by Gasteiger charge is -2.20. The van der Waals surface area contributed by atoms with Gasteiger partial charge in [0, 0.05) is 5.56 Å². The molecule has 0 saturated carbocycles. The molecule has 116 valence electrons. The Bertz CT molecular complexity index is 828. The molecule has 23 heavy (non-hydrogen) atoms. The van der Waals surface area contributed by atoms with Crippen molar-refractivity contribution < 1.29 is 19.1 Å². The van der Waals surface area contributed by atoms with Crippen LogP contribution < -0.4 is 4.90 Å². The van der Waals surface area contributed by atoms with Crippen LogP contribution in [0.5, 0.6) is 5.75 Å². The third-order valence-electron chi connectivity index (χ3n) is 3.64. The fraction of sp³-hybridized carbons (Fsp3) is 0.0588. The number of amides is 2. The van der Waals surface area contributed by atoms with Crippen molar-refractivity contribution in [3.63, 3.8) is 0 Å². The van der Waals surface area contributed by atoms with Crippen molar-refractivity contribution in [3.05, 3.63) is 70.5 Å².